The van der Waals surface area contributed by atoms with Gasteiger partial charge in [0.25, 0.3) is 11.8 Å². The number of nitrogens with zero attached hydrogens (tertiary/aromatic N) is 1. The molecule has 0 bridgehead atoms. The fraction of sp³-hybridized carbons (Fsp3) is 0.0625. The third kappa shape index (κ3) is 2.60. The van der Waals surface area contributed by atoms with Gasteiger partial charge in [0.1, 0.15) is 11.8 Å². The van der Waals surface area contributed by atoms with Crippen LogP contribution < -0.4 is 15.4 Å². The van der Waals surface area contributed by atoms with Gasteiger partial charge in [-0.25, -0.2) is 0 Å². The van der Waals surface area contributed by atoms with Crippen molar-refractivity contribution in [2.45, 2.75) is 0 Å². The molecule has 0 unspecified atom stereocenters. The van der Waals surface area contributed by atoms with Crippen LogP contribution in [0, 0.1) is 11.3 Å². The molecule has 2 N–H and O–H groups in total. The molecule has 1 heterocycles. The largest absolute Gasteiger partial charge is 0.482 e. The van der Waals surface area contributed by atoms with Crippen LogP contribution in [-0.2, 0) is 4.79 Å². The molecule has 0 atom stereocenters. The van der Waals surface area contributed by atoms with Crippen molar-refractivity contribution in [2.24, 2.45) is 0 Å². The average Bonchev–Trinajstić information content (AvgIpc) is 2.54. The molecule has 0 aromatic heterocycles. The highest BCUT2D eigenvalue weighted by Crippen LogP contribution is 2.28. The summed E-state index contributed by atoms with van der Waals surface area (Å²) in [4.78, 5) is 23.6. The molecule has 0 aliphatic carbocycles. The van der Waals surface area contributed by atoms with E-state index in [0.29, 0.717) is 28.3 Å². The van der Waals surface area contributed by atoms with Crippen molar-refractivity contribution < 1.29 is 14.3 Å². The number of hydrogen-bond donors (Lipinski definition) is 2. The van der Waals surface area contributed by atoms with E-state index < -0.39 is 0 Å². The highest BCUT2D eigenvalue weighted by atomic mass is 16.5. The Morgan fingerprint density at radius 2 is 2.09 bits per heavy atom. The summed E-state index contributed by atoms with van der Waals surface area (Å²) >= 11 is 0. The number of carbonyl (C=O) groups excluding carboxylic acids is 2. The number of amides is 2. The molecular weight excluding hydrogens is 282 g/mol. The van der Waals surface area contributed by atoms with Gasteiger partial charge in [-0.05, 0) is 30.3 Å². The van der Waals surface area contributed by atoms with E-state index in [-0.39, 0.29) is 18.4 Å². The number of benzene rings is 2. The maximum absolute atomic E-state index is 12.3. The van der Waals surface area contributed by atoms with Gasteiger partial charge < -0.3 is 15.4 Å². The van der Waals surface area contributed by atoms with Crippen LogP contribution >= 0.6 is 0 Å². The van der Waals surface area contributed by atoms with Gasteiger partial charge in [0.2, 0.25) is 0 Å². The Kier molecular flexibility index (Phi) is 3.46. The van der Waals surface area contributed by atoms with Crippen LogP contribution in [0.4, 0.5) is 11.4 Å². The first-order valence-electron chi connectivity index (χ1n) is 6.54. The van der Waals surface area contributed by atoms with E-state index in [2.05, 4.69) is 10.6 Å². The molecule has 2 amide bonds. The topological polar surface area (TPSA) is 91.2 Å². The summed E-state index contributed by atoms with van der Waals surface area (Å²) in [6.07, 6.45) is 0. The summed E-state index contributed by atoms with van der Waals surface area (Å²) in [7, 11) is 0. The zero-order valence-electron chi connectivity index (χ0n) is 11.4. The quantitative estimate of drug-likeness (QED) is 0.887. The monoisotopic (exact) mass is 293 g/mol. The SMILES string of the molecule is N#Cc1ccccc1NC(=O)c1ccc2c(c1)NC(=O)CO2. The fourth-order valence-electron chi connectivity index (χ4n) is 2.11. The minimum atomic E-state index is -0.370. The lowest BCUT2D eigenvalue weighted by Gasteiger charge is -2.18. The summed E-state index contributed by atoms with van der Waals surface area (Å²) in [5, 5.41) is 14.3. The van der Waals surface area contributed by atoms with E-state index in [1.807, 2.05) is 6.07 Å². The van der Waals surface area contributed by atoms with Crippen molar-refractivity contribution in [1.82, 2.24) is 0 Å². The van der Waals surface area contributed by atoms with Gasteiger partial charge in [0.15, 0.2) is 6.61 Å². The second-order valence-electron chi connectivity index (χ2n) is 4.66. The lowest BCUT2D eigenvalue weighted by atomic mass is 10.1. The normalized spacial score (nSPS) is 12.4. The Labute approximate surface area is 126 Å². The predicted octanol–water partition coefficient (Wildman–Crippen LogP) is 2.14. The zero-order chi connectivity index (χ0) is 15.5. The Balaban J connectivity index is 1.85. The highest BCUT2D eigenvalue weighted by molar-refractivity contribution is 6.06. The van der Waals surface area contributed by atoms with Crippen LogP contribution in [0.1, 0.15) is 15.9 Å². The molecule has 6 heteroatoms. The summed E-state index contributed by atoms with van der Waals surface area (Å²) in [6.45, 7) is -0.0336. The molecule has 108 valence electrons. The molecule has 1 aliphatic heterocycles. The van der Waals surface area contributed by atoms with Crippen LogP contribution in [0.25, 0.3) is 0 Å². The Morgan fingerprint density at radius 1 is 1.27 bits per heavy atom. The molecule has 2 aromatic carbocycles. The Morgan fingerprint density at radius 3 is 2.91 bits per heavy atom. The molecule has 0 spiro atoms. The summed E-state index contributed by atoms with van der Waals surface area (Å²) in [5.41, 5.74) is 1.63. The molecule has 6 nitrogen and oxygen atoms in total. The van der Waals surface area contributed by atoms with E-state index in [1.165, 1.54) is 6.07 Å². The van der Waals surface area contributed by atoms with Crippen molar-refractivity contribution >= 4 is 23.2 Å². The smallest absolute Gasteiger partial charge is 0.262 e. The third-order valence-electron chi connectivity index (χ3n) is 3.17. The second-order valence-corrected chi connectivity index (χ2v) is 4.66. The molecular formula is C16H11N3O3. The Bertz CT molecular complexity index is 809. The van der Waals surface area contributed by atoms with Gasteiger partial charge in [0.05, 0.1) is 16.9 Å². The number of hydrogen-bond acceptors (Lipinski definition) is 4. The maximum atomic E-state index is 12.3. The van der Waals surface area contributed by atoms with Gasteiger partial charge >= 0.3 is 0 Å². The van der Waals surface area contributed by atoms with E-state index in [1.54, 1.807) is 36.4 Å². The first kappa shape index (κ1) is 13.6. The standard InChI is InChI=1S/C16H11N3O3/c17-8-11-3-1-2-4-12(11)19-16(21)10-5-6-14-13(7-10)18-15(20)9-22-14/h1-7H,9H2,(H,18,20)(H,19,21). The van der Waals surface area contributed by atoms with Gasteiger partial charge in [-0.15, -0.1) is 0 Å². The first-order valence-corrected chi connectivity index (χ1v) is 6.54. The Hall–Kier alpha value is -3.33. The van der Waals surface area contributed by atoms with Crippen LogP contribution in [0.3, 0.4) is 0 Å². The first-order chi connectivity index (χ1) is 10.7. The van der Waals surface area contributed by atoms with Crippen molar-refractivity contribution in [3.8, 4) is 11.8 Å². The molecule has 3 rings (SSSR count). The van der Waals surface area contributed by atoms with Crippen molar-refractivity contribution in [1.29, 1.82) is 5.26 Å². The fourth-order valence-corrected chi connectivity index (χ4v) is 2.11. The molecule has 0 saturated carbocycles. The average molecular weight is 293 g/mol. The number of rotatable bonds is 2. The zero-order valence-corrected chi connectivity index (χ0v) is 11.4. The van der Waals surface area contributed by atoms with Crippen LogP contribution in [0.2, 0.25) is 0 Å². The van der Waals surface area contributed by atoms with Gasteiger partial charge in [0, 0.05) is 5.56 Å². The minimum Gasteiger partial charge on any atom is -0.482 e. The van der Waals surface area contributed by atoms with E-state index >= 15 is 0 Å². The van der Waals surface area contributed by atoms with Gasteiger partial charge in [-0.3, -0.25) is 9.59 Å². The molecule has 2 aromatic rings. The molecule has 1 aliphatic rings. The second kappa shape index (κ2) is 5.58. The van der Waals surface area contributed by atoms with E-state index in [4.69, 9.17) is 10.00 Å². The highest BCUT2D eigenvalue weighted by Gasteiger charge is 2.18. The van der Waals surface area contributed by atoms with Gasteiger partial charge in [-0.2, -0.15) is 5.26 Å². The number of ether oxygens (including phenoxy) is 1. The van der Waals surface area contributed by atoms with Crippen molar-refractivity contribution in [2.75, 3.05) is 17.2 Å². The van der Waals surface area contributed by atoms with Crippen LogP contribution in [0.5, 0.6) is 5.75 Å². The predicted molar refractivity (Wildman–Crippen MR) is 79.7 cm³/mol. The lowest BCUT2D eigenvalue weighted by Crippen LogP contribution is -2.25. The van der Waals surface area contributed by atoms with Crippen molar-refractivity contribution in [3.05, 3.63) is 53.6 Å². The lowest BCUT2D eigenvalue weighted by molar-refractivity contribution is -0.118. The van der Waals surface area contributed by atoms with E-state index in [9.17, 15) is 9.59 Å². The number of nitrogens with one attached hydrogen (secondary N) is 2. The van der Waals surface area contributed by atoms with Crippen molar-refractivity contribution in [3.63, 3.8) is 0 Å². The summed E-state index contributed by atoms with van der Waals surface area (Å²) in [5.74, 6) is -0.112. The van der Waals surface area contributed by atoms with Gasteiger partial charge in [-0.1, -0.05) is 12.1 Å². The maximum Gasteiger partial charge on any atom is 0.262 e. The number of carbonyl (C=O) groups is 2. The number of anilines is 2. The van der Waals surface area contributed by atoms with E-state index in [0.717, 1.165) is 0 Å². The summed E-state index contributed by atoms with van der Waals surface area (Å²) in [6, 6.07) is 13.5. The molecule has 0 saturated heterocycles. The number of para-hydroxylation sites is 1. The molecule has 0 fully saturated rings. The van der Waals surface area contributed by atoms with Crippen LogP contribution in [0.15, 0.2) is 42.5 Å². The number of nitriles is 1. The third-order valence-corrected chi connectivity index (χ3v) is 3.17. The molecule has 22 heavy (non-hydrogen) atoms. The van der Waals surface area contributed by atoms with Crippen LogP contribution in [-0.4, -0.2) is 18.4 Å². The number of fused-ring (bicyclic) bond motifs is 1. The minimum absolute atomic E-state index is 0.0336. The summed E-state index contributed by atoms with van der Waals surface area (Å²) < 4.78 is 5.24. The molecule has 0 radical (unpaired) electrons.